The van der Waals surface area contributed by atoms with Crippen molar-refractivity contribution in [3.63, 3.8) is 0 Å². The fourth-order valence-electron chi connectivity index (χ4n) is 7.20. The van der Waals surface area contributed by atoms with E-state index in [2.05, 4.69) is 216 Å². The molecule has 1 aromatic heterocycles. The van der Waals surface area contributed by atoms with Gasteiger partial charge < -0.3 is 9.47 Å². The molecule has 0 saturated heterocycles. The summed E-state index contributed by atoms with van der Waals surface area (Å²) >= 11 is 0. The fourth-order valence-corrected chi connectivity index (χ4v) is 7.20. The summed E-state index contributed by atoms with van der Waals surface area (Å²) in [6.07, 6.45) is 0. The lowest BCUT2D eigenvalue weighted by atomic mass is 9.99. The van der Waals surface area contributed by atoms with Crippen LogP contribution >= 0.6 is 0 Å². The molecule has 0 aliphatic carbocycles. The van der Waals surface area contributed by atoms with E-state index < -0.39 is 0 Å². The lowest BCUT2D eigenvalue weighted by molar-refractivity contribution is 1.18. The number of nitrogens with zero attached hydrogens (tertiary/aromatic N) is 2. The molecule has 0 fully saturated rings. The van der Waals surface area contributed by atoms with Gasteiger partial charge >= 0.3 is 0 Å². The van der Waals surface area contributed by atoms with Crippen LogP contribution in [-0.4, -0.2) is 4.57 Å². The van der Waals surface area contributed by atoms with Gasteiger partial charge in [-0.15, -0.1) is 0 Å². The van der Waals surface area contributed by atoms with Gasteiger partial charge in [-0.25, -0.2) is 0 Å². The Morgan fingerprint density at radius 1 is 0.320 bits per heavy atom. The van der Waals surface area contributed by atoms with Gasteiger partial charge in [-0.2, -0.15) is 0 Å². The van der Waals surface area contributed by atoms with Crippen molar-refractivity contribution in [3.8, 4) is 39.1 Å². The Morgan fingerprint density at radius 2 is 0.800 bits per heavy atom. The molecule has 0 N–H and O–H groups in total. The standard InChI is InChI=1S/C48H34N2/c1-4-14-35(15-5-1)37-24-29-41(30-25-37)49(40-18-8-3-9-19-40)46-22-12-10-20-43(46)39-28-33-45-44-21-11-13-23-47(44)50(48(45)34-39)42-31-26-38(27-32-42)36-16-6-2-7-17-36/h1-34H. The SMILES string of the molecule is c1ccc(-c2ccc(N(c3ccccc3)c3ccccc3-c3ccc4c5ccccc5n(-c5ccc(-c6ccccc6)cc5)c4c3)cc2)cc1. The second-order valence-electron chi connectivity index (χ2n) is 12.6. The molecular weight excluding hydrogens is 605 g/mol. The summed E-state index contributed by atoms with van der Waals surface area (Å²) in [5.74, 6) is 0. The highest BCUT2D eigenvalue weighted by Crippen LogP contribution is 2.43. The van der Waals surface area contributed by atoms with Gasteiger partial charge in [0.25, 0.3) is 0 Å². The molecule has 2 nitrogen and oxygen atoms in total. The molecule has 0 aliphatic heterocycles. The van der Waals surface area contributed by atoms with Crippen LogP contribution in [0.3, 0.4) is 0 Å². The maximum Gasteiger partial charge on any atom is 0.0547 e. The molecule has 9 rings (SSSR count). The summed E-state index contributed by atoms with van der Waals surface area (Å²) in [6, 6.07) is 74.0. The second kappa shape index (κ2) is 12.8. The second-order valence-corrected chi connectivity index (χ2v) is 12.6. The molecule has 2 heteroatoms. The van der Waals surface area contributed by atoms with Crippen LogP contribution in [0, 0.1) is 0 Å². The Labute approximate surface area is 292 Å². The normalized spacial score (nSPS) is 11.2. The van der Waals surface area contributed by atoms with Crippen molar-refractivity contribution in [1.82, 2.24) is 4.57 Å². The molecule has 1 heterocycles. The number of hydrogen-bond acceptors (Lipinski definition) is 1. The van der Waals surface area contributed by atoms with Crippen LogP contribution in [-0.2, 0) is 0 Å². The first-order valence-electron chi connectivity index (χ1n) is 17.1. The van der Waals surface area contributed by atoms with Crippen molar-refractivity contribution < 1.29 is 0 Å². The van der Waals surface area contributed by atoms with Gasteiger partial charge in [0.1, 0.15) is 0 Å². The first kappa shape index (κ1) is 29.5. The quantitative estimate of drug-likeness (QED) is 0.169. The van der Waals surface area contributed by atoms with Gasteiger partial charge in [-0.05, 0) is 82.4 Å². The molecule has 0 amide bonds. The summed E-state index contributed by atoms with van der Waals surface area (Å²) in [5, 5.41) is 2.49. The molecule has 0 unspecified atom stereocenters. The molecule has 0 aliphatic rings. The zero-order chi connectivity index (χ0) is 33.3. The van der Waals surface area contributed by atoms with Gasteiger partial charge in [0, 0.05) is 33.4 Å². The number of fused-ring (bicyclic) bond motifs is 3. The monoisotopic (exact) mass is 638 g/mol. The average Bonchev–Trinajstić information content (AvgIpc) is 3.53. The molecular formula is C48H34N2. The Bertz CT molecular complexity index is 2550. The van der Waals surface area contributed by atoms with Crippen LogP contribution in [0.2, 0.25) is 0 Å². The minimum atomic E-state index is 1.11. The van der Waals surface area contributed by atoms with E-state index in [1.165, 1.54) is 55.2 Å². The Balaban J connectivity index is 1.19. The van der Waals surface area contributed by atoms with Gasteiger partial charge in [0.2, 0.25) is 0 Å². The van der Waals surface area contributed by atoms with E-state index in [0.717, 1.165) is 22.7 Å². The van der Waals surface area contributed by atoms with Crippen molar-refractivity contribution in [2.45, 2.75) is 0 Å². The van der Waals surface area contributed by atoms with E-state index in [1.807, 2.05) is 0 Å². The van der Waals surface area contributed by atoms with Crippen LogP contribution < -0.4 is 4.90 Å². The van der Waals surface area contributed by atoms with Gasteiger partial charge in [-0.1, -0.05) is 152 Å². The molecule has 8 aromatic carbocycles. The number of aromatic nitrogens is 1. The third kappa shape index (κ3) is 5.34. The van der Waals surface area contributed by atoms with Crippen molar-refractivity contribution in [1.29, 1.82) is 0 Å². The molecule has 0 radical (unpaired) electrons. The van der Waals surface area contributed by atoms with Gasteiger partial charge in [0.15, 0.2) is 0 Å². The summed E-state index contributed by atoms with van der Waals surface area (Å²) in [7, 11) is 0. The number of anilines is 3. The van der Waals surface area contributed by atoms with E-state index in [-0.39, 0.29) is 0 Å². The molecule has 0 saturated carbocycles. The summed E-state index contributed by atoms with van der Waals surface area (Å²) in [4.78, 5) is 2.37. The largest absolute Gasteiger partial charge is 0.310 e. The van der Waals surface area contributed by atoms with Crippen molar-refractivity contribution >= 4 is 38.9 Å². The van der Waals surface area contributed by atoms with Crippen LogP contribution in [0.1, 0.15) is 0 Å². The lowest BCUT2D eigenvalue weighted by Gasteiger charge is -2.28. The van der Waals surface area contributed by atoms with E-state index in [0.29, 0.717) is 0 Å². The van der Waals surface area contributed by atoms with Crippen LogP contribution in [0.5, 0.6) is 0 Å². The third-order valence-corrected chi connectivity index (χ3v) is 9.61. The molecule has 50 heavy (non-hydrogen) atoms. The van der Waals surface area contributed by atoms with Crippen molar-refractivity contribution in [2.75, 3.05) is 4.90 Å². The van der Waals surface area contributed by atoms with E-state index >= 15 is 0 Å². The zero-order valence-electron chi connectivity index (χ0n) is 27.5. The number of para-hydroxylation sites is 3. The zero-order valence-corrected chi connectivity index (χ0v) is 27.5. The third-order valence-electron chi connectivity index (χ3n) is 9.61. The van der Waals surface area contributed by atoms with Crippen molar-refractivity contribution in [3.05, 3.63) is 206 Å². The summed E-state index contributed by atoms with van der Waals surface area (Å²) in [5.41, 5.74) is 14.1. The molecule has 0 atom stereocenters. The van der Waals surface area contributed by atoms with E-state index in [1.54, 1.807) is 0 Å². The maximum atomic E-state index is 2.41. The Kier molecular flexibility index (Phi) is 7.53. The fraction of sp³-hybridized carbons (Fsp3) is 0. The average molecular weight is 639 g/mol. The highest BCUT2D eigenvalue weighted by atomic mass is 15.1. The molecule has 236 valence electrons. The van der Waals surface area contributed by atoms with Gasteiger partial charge in [0.05, 0.1) is 16.7 Å². The van der Waals surface area contributed by atoms with Crippen LogP contribution in [0.15, 0.2) is 206 Å². The van der Waals surface area contributed by atoms with Crippen LogP contribution in [0.25, 0.3) is 60.9 Å². The number of rotatable bonds is 7. The smallest absolute Gasteiger partial charge is 0.0547 e. The van der Waals surface area contributed by atoms with Crippen molar-refractivity contribution in [2.24, 2.45) is 0 Å². The maximum absolute atomic E-state index is 2.41. The van der Waals surface area contributed by atoms with E-state index in [9.17, 15) is 0 Å². The number of hydrogen-bond donors (Lipinski definition) is 0. The molecule has 9 aromatic rings. The predicted octanol–water partition coefficient (Wildman–Crippen LogP) is 13.3. The minimum absolute atomic E-state index is 1.11. The summed E-state index contributed by atoms with van der Waals surface area (Å²) in [6.45, 7) is 0. The van der Waals surface area contributed by atoms with E-state index in [4.69, 9.17) is 0 Å². The molecule has 0 spiro atoms. The first-order chi connectivity index (χ1) is 24.8. The topological polar surface area (TPSA) is 8.17 Å². The Morgan fingerprint density at radius 3 is 1.48 bits per heavy atom. The van der Waals surface area contributed by atoms with Crippen LogP contribution in [0.4, 0.5) is 17.1 Å². The predicted molar refractivity (Wildman–Crippen MR) is 212 cm³/mol. The molecule has 0 bridgehead atoms. The summed E-state index contributed by atoms with van der Waals surface area (Å²) < 4.78 is 2.41. The highest BCUT2D eigenvalue weighted by molar-refractivity contribution is 6.10. The first-order valence-corrected chi connectivity index (χ1v) is 17.1. The lowest BCUT2D eigenvalue weighted by Crippen LogP contribution is -2.11. The number of benzene rings is 8. The highest BCUT2D eigenvalue weighted by Gasteiger charge is 2.19. The minimum Gasteiger partial charge on any atom is -0.310 e. The van der Waals surface area contributed by atoms with Gasteiger partial charge in [-0.3, -0.25) is 0 Å². The Hall–Kier alpha value is -6.64.